The molecule has 2 rings (SSSR count). The van der Waals surface area contributed by atoms with E-state index < -0.39 is 0 Å². The second-order valence-corrected chi connectivity index (χ2v) is 4.45. The second-order valence-electron chi connectivity index (χ2n) is 3.54. The number of aromatic nitrogens is 3. The van der Waals surface area contributed by atoms with Gasteiger partial charge in [-0.3, -0.25) is 9.78 Å². The highest BCUT2D eigenvalue weighted by Crippen LogP contribution is 2.11. The molecule has 0 aliphatic heterocycles. The number of pyridine rings is 1. The standard InChI is InChI=1S/C11H10BrN3O/c1-15-6-10(14-7-15)11(16)3-8-2-9(12)5-13-4-8/h2,4-7H,3H2,1H3. The Balaban J connectivity index is 2.13. The van der Waals surface area contributed by atoms with Gasteiger partial charge in [0.05, 0.1) is 6.33 Å². The first-order chi connectivity index (χ1) is 7.65. The van der Waals surface area contributed by atoms with Crippen molar-refractivity contribution in [2.75, 3.05) is 0 Å². The van der Waals surface area contributed by atoms with Gasteiger partial charge in [0.1, 0.15) is 5.69 Å². The molecule has 0 aliphatic rings. The summed E-state index contributed by atoms with van der Waals surface area (Å²) >= 11 is 3.32. The highest BCUT2D eigenvalue weighted by Gasteiger charge is 2.09. The van der Waals surface area contributed by atoms with Gasteiger partial charge in [0, 0.05) is 36.5 Å². The number of Topliss-reactive ketones (excluding diaryl/α,β-unsaturated/α-hetero) is 1. The maximum atomic E-state index is 11.8. The molecule has 5 heteroatoms. The fourth-order valence-corrected chi connectivity index (χ4v) is 1.80. The van der Waals surface area contributed by atoms with Crippen molar-refractivity contribution in [3.05, 3.63) is 46.7 Å². The Kier molecular flexibility index (Phi) is 3.14. The summed E-state index contributed by atoms with van der Waals surface area (Å²) in [4.78, 5) is 19.8. The van der Waals surface area contributed by atoms with E-state index in [0.29, 0.717) is 12.1 Å². The Hall–Kier alpha value is -1.49. The van der Waals surface area contributed by atoms with Crippen molar-refractivity contribution in [2.24, 2.45) is 7.05 Å². The van der Waals surface area contributed by atoms with Crippen LogP contribution in [0.4, 0.5) is 0 Å². The van der Waals surface area contributed by atoms with Crippen molar-refractivity contribution in [1.29, 1.82) is 0 Å². The van der Waals surface area contributed by atoms with E-state index in [9.17, 15) is 4.79 Å². The van der Waals surface area contributed by atoms with Gasteiger partial charge in [0.25, 0.3) is 0 Å². The van der Waals surface area contributed by atoms with Crippen LogP contribution in [0.5, 0.6) is 0 Å². The molecule has 0 fully saturated rings. The monoisotopic (exact) mass is 279 g/mol. The molecule has 4 nitrogen and oxygen atoms in total. The van der Waals surface area contributed by atoms with E-state index >= 15 is 0 Å². The Bertz CT molecular complexity index is 521. The van der Waals surface area contributed by atoms with Gasteiger partial charge in [-0.15, -0.1) is 0 Å². The summed E-state index contributed by atoms with van der Waals surface area (Å²) in [6.45, 7) is 0. The van der Waals surface area contributed by atoms with Crippen LogP contribution in [0, 0.1) is 0 Å². The molecule has 0 aliphatic carbocycles. The molecule has 0 bridgehead atoms. The van der Waals surface area contributed by atoms with Crippen LogP contribution in [0.3, 0.4) is 0 Å². The molecule has 0 spiro atoms. The van der Waals surface area contributed by atoms with Crippen molar-refractivity contribution < 1.29 is 4.79 Å². The van der Waals surface area contributed by atoms with Gasteiger partial charge in [-0.2, -0.15) is 0 Å². The lowest BCUT2D eigenvalue weighted by Gasteiger charge is -1.98. The number of nitrogens with zero attached hydrogens (tertiary/aromatic N) is 3. The van der Waals surface area contributed by atoms with Crippen molar-refractivity contribution in [2.45, 2.75) is 6.42 Å². The van der Waals surface area contributed by atoms with Crippen LogP contribution in [-0.4, -0.2) is 20.3 Å². The van der Waals surface area contributed by atoms with E-state index in [1.807, 2.05) is 13.1 Å². The molecule has 0 N–H and O–H groups in total. The zero-order valence-electron chi connectivity index (χ0n) is 8.72. The number of rotatable bonds is 3. The first-order valence-electron chi connectivity index (χ1n) is 4.76. The van der Waals surface area contributed by atoms with E-state index in [2.05, 4.69) is 25.9 Å². The van der Waals surface area contributed by atoms with Crippen molar-refractivity contribution in [3.8, 4) is 0 Å². The summed E-state index contributed by atoms with van der Waals surface area (Å²) in [6.07, 6.45) is 7.03. The topological polar surface area (TPSA) is 47.8 Å². The van der Waals surface area contributed by atoms with Crippen molar-refractivity contribution in [1.82, 2.24) is 14.5 Å². The molecule has 0 radical (unpaired) electrons. The lowest BCUT2D eigenvalue weighted by atomic mass is 10.1. The normalized spacial score (nSPS) is 10.4. The maximum absolute atomic E-state index is 11.8. The molecule has 0 saturated carbocycles. The fraction of sp³-hybridized carbons (Fsp3) is 0.182. The SMILES string of the molecule is Cn1cnc(C(=O)Cc2cncc(Br)c2)c1. The molecule has 0 unspecified atom stereocenters. The van der Waals surface area contributed by atoms with Crippen LogP contribution in [0.2, 0.25) is 0 Å². The zero-order valence-corrected chi connectivity index (χ0v) is 10.3. The summed E-state index contributed by atoms with van der Waals surface area (Å²) in [5, 5.41) is 0. The van der Waals surface area contributed by atoms with Crippen molar-refractivity contribution in [3.63, 3.8) is 0 Å². The minimum absolute atomic E-state index is 0.000463. The van der Waals surface area contributed by atoms with Crippen LogP contribution in [0.15, 0.2) is 35.5 Å². The van der Waals surface area contributed by atoms with Gasteiger partial charge in [0.2, 0.25) is 0 Å². The third-order valence-corrected chi connectivity index (χ3v) is 2.55. The summed E-state index contributed by atoms with van der Waals surface area (Å²) < 4.78 is 2.63. The number of ketones is 1. The number of halogens is 1. The largest absolute Gasteiger partial charge is 0.340 e. The minimum Gasteiger partial charge on any atom is -0.340 e. The molecular formula is C11H10BrN3O. The fourth-order valence-electron chi connectivity index (χ4n) is 1.39. The number of aryl methyl sites for hydroxylation is 1. The van der Waals surface area contributed by atoms with Crippen LogP contribution in [0.1, 0.15) is 16.1 Å². The Morgan fingerprint density at radius 1 is 1.50 bits per heavy atom. The summed E-state index contributed by atoms with van der Waals surface area (Å²) in [7, 11) is 1.84. The molecule has 16 heavy (non-hydrogen) atoms. The summed E-state index contributed by atoms with van der Waals surface area (Å²) in [6, 6.07) is 1.88. The van der Waals surface area contributed by atoms with Gasteiger partial charge in [-0.05, 0) is 27.6 Å². The van der Waals surface area contributed by atoms with Gasteiger partial charge in [-0.25, -0.2) is 4.98 Å². The first kappa shape index (κ1) is 11.0. The number of carbonyl (C=O) groups excluding carboxylic acids is 1. The van der Waals surface area contributed by atoms with E-state index in [0.717, 1.165) is 10.0 Å². The average molecular weight is 280 g/mol. The molecule has 2 heterocycles. The maximum Gasteiger partial charge on any atom is 0.187 e. The third-order valence-electron chi connectivity index (χ3n) is 2.12. The Morgan fingerprint density at radius 2 is 2.31 bits per heavy atom. The lowest BCUT2D eigenvalue weighted by Crippen LogP contribution is -2.04. The van der Waals surface area contributed by atoms with Crippen LogP contribution < -0.4 is 0 Å². The van der Waals surface area contributed by atoms with Gasteiger partial charge >= 0.3 is 0 Å². The lowest BCUT2D eigenvalue weighted by molar-refractivity contribution is 0.0988. The molecule has 0 amide bonds. The molecule has 0 aromatic carbocycles. The molecule has 0 saturated heterocycles. The second kappa shape index (κ2) is 4.57. The van der Waals surface area contributed by atoms with E-state index in [1.165, 1.54) is 0 Å². The van der Waals surface area contributed by atoms with Crippen molar-refractivity contribution >= 4 is 21.7 Å². The third kappa shape index (κ3) is 2.55. The van der Waals surface area contributed by atoms with E-state index in [1.54, 1.807) is 29.5 Å². The predicted octanol–water partition coefficient (Wildman–Crippen LogP) is 2.00. The number of hydrogen-bond acceptors (Lipinski definition) is 3. The number of hydrogen-bond donors (Lipinski definition) is 0. The molecular weight excluding hydrogens is 270 g/mol. The smallest absolute Gasteiger partial charge is 0.187 e. The number of imidazole rings is 1. The van der Waals surface area contributed by atoms with Crippen LogP contribution in [0.25, 0.3) is 0 Å². The summed E-state index contributed by atoms with van der Waals surface area (Å²) in [5.41, 5.74) is 1.37. The summed E-state index contributed by atoms with van der Waals surface area (Å²) in [5.74, 6) is 0.000463. The Morgan fingerprint density at radius 3 is 2.94 bits per heavy atom. The molecule has 82 valence electrons. The minimum atomic E-state index is 0.000463. The van der Waals surface area contributed by atoms with E-state index in [-0.39, 0.29) is 5.78 Å². The highest BCUT2D eigenvalue weighted by molar-refractivity contribution is 9.10. The van der Waals surface area contributed by atoms with Gasteiger partial charge in [-0.1, -0.05) is 0 Å². The molecule has 2 aromatic heterocycles. The highest BCUT2D eigenvalue weighted by atomic mass is 79.9. The molecule has 2 aromatic rings. The zero-order chi connectivity index (χ0) is 11.5. The quantitative estimate of drug-likeness (QED) is 0.808. The Labute approximate surface area is 101 Å². The number of carbonyl (C=O) groups is 1. The first-order valence-corrected chi connectivity index (χ1v) is 5.55. The van der Waals surface area contributed by atoms with Gasteiger partial charge in [0.15, 0.2) is 5.78 Å². The predicted molar refractivity (Wildman–Crippen MR) is 63.2 cm³/mol. The van der Waals surface area contributed by atoms with E-state index in [4.69, 9.17) is 0 Å². The van der Waals surface area contributed by atoms with Crippen LogP contribution >= 0.6 is 15.9 Å². The van der Waals surface area contributed by atoms with Gasteiger partial charge < -0.3 is 4.57 Å². The molecule has 0 atom stereocenters. The average Bonchev–Trinajstić information content (AvgIpc) is 2.65. The van der Waals surface area contributed by atoms with Crippen LogP contribution in [-0.2, 0) is 13.5 Å².